The molecule has 0 atom stereocenters. The van der Waals surface area contributed by atoms with Crippen molar-refractivity contribution in [3.8, 4) is 0 Å². The van der Waals surface area contributed by atoms with Gasteiger partial charge in [-0.2, -0.15) is 0 Å². The first-order valence-corrected chi connectivity index (χ1v) is 2.23. The van der Waals surface area contributed by atoms with Crippen molar-refractivity contribution in [3.63, 3.8) is 0 Å². The number of halogens is 2. The van der Waals surface area contributed by atoms with Crippen LogP contribution in [0.25, 0.3) is 0 Å². The number of carboxylic acids is 1. The minimum Gasteiger partial charge on any atom is -0.478 e. The maximum Gasteiger partial charge on any atom is 0.328 e. The van der Waals surface area contributed by atoms with Crippen molar-refractivity contribution in [3.05, 3.63) is 11.6 Å². The van der Waals surface area contributed by atoms with Crippen LogP contribution >= 0.6 is 0 Å². The Morgan fingerprint density at radius 3 is 2.22 bits per heavy atom. The summed E-state index contributed by atoms with van der Waals surface area (Å²) >= 11 is 0. The second-order valence-corrected chi connectivity index (χ2v) is 1.53. The fourth-order valence-corrected chi connectivity index (χ4v) is 0.258. The lowest BCUT2D eigenvalue weighted by atomic mass is 10.3. The van der Waals surface area contributed by atoms with E-state index in [1.807, 2.05) is 0 Å². The second kappa shape index (κ2) is 3.17. The van der Waals surface area contributed by atoms with Gasteiger partial charge in [-0.1, -0.05) is 0 Å². The Bertz CT molecular complexity index is 140. The van der Waals surface area contributed by atoms with Crippen molar-refractivity contribution in [1.82, 2.24) is 0 Å². The van der Waals surface area contributed by atoms with Crippen LogP contribution in [0.15, 0.2) is 11.6 Å². The highest BCUT2D eigenvalue weighted by atomic mass is 19.3. The van der Waals surface area contributed by atoms with Gasteiger partial charge in [0, 0.05) is 6.08 Å². The smallest absolute Gasteiger partial charge is 0.328 e. The van der Waals surface area contributed by atoms with Crippen molar-refractivity contribution in [2.75, 3.05) is 0 Å². The van der Waals surface area contributed by atoms with Crippen LogP contribution in [0.2, 0.25) is 0 Å². The molecule has 0 spiro atoms. The van der Waals surface area contributed by atoms with Gasteiger partial charge in [0.1, 0.15) is 0 Å². The molecule has 0 amide bonds. The third-order valence-corrected chi connectivity index (χ3v) is 0.695. The van der Waals surface area contributed by atoms with Gasteiger partial charge >= 0.3 is 5.97 Å². The van der Waals surface area contributed by atoms with Gasteiger partial charge in [-0.25, -0.2) is 13.6 Å². The molecule has 4 heteroatoms. The number of hydrogen-bond acceptors (Lipinski definition) is 1. The van der Waals surface area contributed by atoms with E-state index in [1.165, 1.54) is 0 Å². The average Bonchev–Trinajstić information content (AvgIpc) is 1.63. The summed E-state index contributed by atoms with van der Waals surface area (Å²) in [5.41, 5.74) is -0.428. The summed E-state index contributed by atoms with van der Waals surface area (Å²) in [5.74, 6) is -1.34. The molecule has 0 saturated carbocycles. The minimum atomic E-state index is -2.67. The Hall–Kier alpha value is -0.930. The summed E-state index contributed by atoms with van der Waals surface area (Å²) < 4.78 is 22.9. The Kier molecular flexibility index (Phi) is 2.84. The quantitative estimate of drug-likeness (QED) is 0.580. The molecule has 0 aliphatic rings. The number of carboxylic acid groups (broad SMARTS) is 1. The normalized spacial score (nSPS) is 12.2. The van der Waals surface area contributed by atoms with Gasteiger partial charge in [0.25, 0.3) is 6.43 Å². The fourth-order valence-electron chi connectivity index (χ4n) is 0.258. The molecule has 52 valence electrons. The fraction of sp³-hybridized carbons (Fsp3) is 0.400. The monoisotopic (exact) mass is 136 g/mol. The minimum absolute atomic E-state index is 0.428. The second-order valence-electron chi connectivity index (χ2n) is 1.53. The van der Waals surface area contributed by atoms with E-state index >= 15 is 0 Å². The van der Waals surface area contributed by atoms with Gasteiger partial charge in [0.2, 0.25) is 0 Å². The zero-order valence-corrected chi connectivity index (χ0v) is 4.77. The summed E-state index contributed by atoms with van der Waals surface area (Å²) in [7, 11) is 0. The number of carbonyl (C=O) groups is 1. The molecule has 0 fully saturated rings. The number of allylic oxidation sites excluding steroid dienone is 1. The lowest BCUT2D eigenvalue weighted by Gasteiger charge is -1.93. The highest BCUT2D eigenvalue weighted by molar-refractivity contribution is 5.80. The van der Waals surface area contributed by atoms with Gasteiger partial charge in [-0.3, -0.25) is 0 Å². The third kappa shape index (κ3) is 3.64. The SMILES string of the molecule is C/C(=C\C(=O)O)C(F)F. The molecule has 0 bridgehead atoms. The number of alkyl halides is 2. The first-order chi connectivity index (χ1) is 4.04. The Morgan fingerprint density at radius 2 is 2.11 bits per heavy atom. The molecule has 0 rings (SSSR count). The van der Waals surface area contributed by atoms with E-state index in [-0.39, 0.29) is 0 Å². The standard InChI is InChI=1S/C5H6F2O2/c1-3(5(6)7)2-4(8)9/h2,5H,1H3,(H,8,9)/b3-2+. The van der Waals surface area contributed by atoms with Crippen LogP contribution in [0, 0.1) is 0 Å². The van der Waals surface area contributed by atoms with Gasteiger partial charge in [0.05, 0.1) is 0 Å². The van der Waals surface area contributed by atoms with Crippen molar-refractivity contribution in [1.29, 1.82) is 0 Å². The molecule has 0 aliphatic heterocycles. The molecule has 0 unspecified atom stereocenters. The van der Waals surface area contributed by atoms with Crippen LogP contribution in [-0.4, -0.2) is 17.5 Å². The first kappa shape index (κ1) is 8.07. The third-order valence-electron chi connectivity index (χ3n) is 0.695. The number of aliphatic carboxylic acids is 1. The van der Waals surface area contributed by atoms with E-state index in [0.29, 0.717) is 6.08 Å². The van der Waals surface area contributed by atoms with Crippen LogP contribution in [-0.2, 0) is 4.79 Å². The van der Waals surface area contributed by atoms with Crippen LogP contribution in [0.4, 0.5) is 8.78 Å². The van der Waals surface area contributed by atoms with Crippen LogP contribution < -0.4 is 0 Å². The topological polar surface area (TPSA) is 37.3 Å². The van der Waals surface area contributed by atoms with E-state index in [0.717, 1.165) is 6.92 Å². The van der Waals surface area contributed by atoms with Crippen molar-refractivity contribution in [2.24, 2.45) is 0 Å². The lowest BCUT2D eigenvalue weighted by molar-refractivity contribution is -0.131. The molecular formula is C5H6F2O2. The number of rotatable bonds is 2. The van der Waals surface area contributed by atoms with E-state index in [9.17, 15) is 13.6 Å². The molecule has 0 aromatic rings. The van der Waals surface area contributed by atoms with Crippen molar-refractivity contribution in [2.45, 2.75) is 13.3 Å². The zero-order valence-electron chi connectivity index (χ0n) is 4.77. The van der Waals surface area contributed by atoms with Gasteiger partial charge in [0.15, 0.2) is 0 Å². The zero-order chi connectivity index (χ0) is 7.44. The maximum absolute atomic E-state index is 11.5. The molecular weight excluding hydrogens is 130 g/mol. The van der Waals surface area contributed by atoms with Crippen molar-refractivity contribution >= 4 is 5.97 Å². The molecule has 0 aliphatic carbocycles. The molecule has 0 radical (unpaired) electrons. The van der Waals surface area contributed by atoms with Gasteiger partial charge < -0.3 is 5.11 Å². The highest BCUT2D eigenvalue weighted by Crippen LogP contribution is 2.05. The average molecular weight is 136 g/mol. The van der Waals surface area contributed by atoms with Crippen LogP contribution in [0.1, 0.15) is 6.92 Å². The molecule has 0 saturated heterocycles. The molecule has 0 aromatic heterocycles. The summed E-state index contributed by atoms with van der Waals surface area (Å²) in [6, 6.07) is 0. The first-order valence-electron chi connectivity index (χ1n) is 2.23. The summed E-state index contributed by atoms with van der Waals surface area (Å²) in [4.78, 5) is 9.70. The van der Waals surface area contributed by atoms with E-state index in [2.05, 4.69) is 0 Å². The Morgan fingerprint density at radius 1 is 1.67 bits per heavy atom. The van der Waals surface area contributed by atoms with E-state index in [4.69, 9.17) is 5.11 Å². The lowest BCUT2D eigenvalue weighted by Crippen LogP contribution is -1.96. The van der Waals surface area contributed by atoms with Crippen molar-refractivity contribution < 1.29 is 18.7 Å². The molecule has 0 aromatic carbocycles. The van der Waals surface area contributed by atoms with Crippen LogP contribution in [0.3, 0.4) is 0 Å². The largest absolute Gasteiger partial charge is 0.478 e. The van der Waals surface area contributed by atoms with Crippen LogP contribution in [0.5, 0.6) is 0 Å². The highest BCUT2D eigenvalue weighted by Gasteiger charge is 2.05. The Labute approximate surface area is 50.8 Å². The van der Waals surface area contributed by atoms with E-state index < -0.39 is 18.0 Å². The predicted molar refractivity (Wildman–Crippen MR) is 27.4 cm³/mol. The van der Waals surface area contributed by atoms with Gasteiger partial charge in [-0.05, 0) is 12.5 Å². The number of hydrogen-bond donors (Lipinski definition) is 1. The summed E-state index contributed by atoms with van der Waals surface area (Å²) in [5, 5.41) is 7.92. The van der Waals surface area contributed by atoms with E-state index in [1.54, 1.807) is 0 Å². The summed E-state index contributed by atoms with van der Waals surface area (Å²) in [6.45, 7) is 1.07. The predicted octanol–water partition coefficient (Wildman–Crippen LogP) is 1.28. The van der Waals surface area contributed by atoms with Gasteiger partial charge in [-0.15, -0.1) is 0 Å². The molecule has 2 nitrogen and oxygen atoms in total. The maximum atomic E-state index is 11.5. The molecule has 0 heterocycles. The Balaban J connectivity index is 4.00. The molecule has 1 N–H and O–H groups in total. The summed E-state index contributed by atoms with van der Waals surface area (Å²) in [6.07, 6.45) is -2.17. The molecule has 9 heavy (non-hydrogen) atoms.